The molecule has 1 nitrogen and oxygen atoms in total. The molecule has 0 atom stereocenters. The van der Waals surface area contributed by atoms with Crippen LogP contribution < -0.4 is 0 Å². The first-order chi connectivity index (χ1) is 7.93. The van der Waals surface area contributed by atoms with Crippen molar-refractivity contribution in [1.29, 1.82) is 0 Å². The molecule has 0 aromatic heterocycles. The lowest BCUT2D eigenvalue weighted by molar-refractivity contribution is -0.137. The zero-order valence-electron chi connectivity index (χ0n) is 9.92. The van der Waals surface area contributed by atoms with Crippen LogP contribution >= 0.6 is 11.8 Å². The van der Waals surface area contributed by atoms with Crippen molar-refractivity contribution in [1.82, 2.24) is 4.90 Å². The fourth-order valence-electron chi connectivity index (χ4n) is 1.48. The van der Waals surface area contributed by atoms with E-state index in [1.165, 1.54) is 12.1 Å². The summed E-state index contributed by atoms with van der Waals surface area (Å²) in [6.07, 6.45) is -2.24. The number of hydrogen-bond donors (Lipinski definition) is 0. The highest BCUT2D eigenvalue weighted by molar-refractivity contribution is 7.98. The Hall–Kier alpha value is -0.680. The van der Waals surface area contributed by atoms with Crippen LogP contribution in [-0.2, 0) is 12.7 Å². The van der Waals surface area contributed by atoms with Gasteiger partial charge in [0, 0.05) is 18.8 Å². The van der Waals surface area contributed by atoms with Gasteiger partial charge in [-0.05, 0) is 24.9 Å². The number of alkyl halides is 3. The van der Waals surface area contributed by atoms with E-state index in [0.717, 1.165) is 18.4 Å². The van der Waals surface area contributed by atoms with Crippen molar-refractivity contribution in [2.75, 3.05) is 25.6 Å². The predicted octanol–water partition coefficient (Wildman–Crippen LogP) is 3.50. The molecule has 0 N–H and O–H groups in total. The summed E-state index contributed by atoms with van der Waals surface area (Å²) in [6, 6.07) is 5.51. The second-order valence-electron chi connectivity index (χ2n) is 3.93. The van der Waals surface area contributed by atoms with Gasteiger partial charge < -0.3 is 4.90 Å². The summed E-state index contributed by atoms with van der Waals surface area (Å²) in [7, 11) is 1.91. The van der Waals surface area contributed by atoms with E-state index < -0.39 is 11.7 Å². The van der Waals surface area contributed by atoms with Gasteiger partial charge >= 0.3 is 6.18 Å². The molecule has 0 saturated heterocycles. The first-order valence-corrected chi connectivity index (χ1v) is 6.66. The third-order valence-electron chi connectivity index (χ3n) is 2.38. The smallest absolute Gasteiger partial charge is 0.301 e. The van der Waals surface area contributed by atoms with Gasteiger partial charge in [0.15, 0.2) is 0 Å². The summed E-state index contributed by atoms with van der Waals surface area (Å²) in [4.78, 5) is 2.02. The van der Waals surface area contributed by atoms with Crippen LogP contribution in [0.3, 0.4) is 0 Å². The van der Waals surface area contributed by atoms with E-state index in [1.807, 2.05) is 18.2 Å². The summed E-state index contributed by atoms with van der Waals surface area (Å²) in [5.41, 5.74) is 0.122. The SMILES string of the molecule is CSCCN(C)Cc1cccc(C(F)(F)F)c1. The molecule has 0 bridgehead atoms. The molecular weight excluding hydrogens is 247 g/mol. The Bertz CT molecular complexity index is 352. The van der Waals surface area contributed by atoms with Crippen LogP contribution in [0.2, 0.25) is 0 Å². The van der Waals surface area contributed by atoms with E-state index in [0.29, 0.717) is 12.1 Å². The van der Waals surface area contributed by atoms with E-state index in [-0.39, 0.29) is 0 Å². The van der Waals surface area contributed by atoms with Crippen LogP contribution in [0.1, 0.15) is 11.1 Å². The van der Waals surface area contributed by atoms with Crippen LogP contribution in [0.4, 0.5) is 13.2 Å². The lowest BCUT2D eigenvalue weighted by Crippen LogP contribution is -2.20. The van der Waals surface area contributed by atoms with E-state index >= 15 is 0 Å². The lowest BCUT2D eigenvalue weighted by atomic mass is 10.1. The largest absolute Gasteiger partial charge is 0.416 e. The number of hydrogen-bond acceptors (Lipinski definition) is 2. The van der Waals surface area contributed by atoms with Gasteiger partial charge in [0.05, 0.1) is 5.56 Å². The van der Waals surface area contributed by atoms with Gasteiger partial charge in [0.2, 0.25) is 0 Å². The summed E-state index contributed by atoms with van der Waals surface area (Å²) in [6.45, 7) is 1.42. The topological polar surface area (TPSA) is 3.24 Å². The number of halogens is 3. The fourth-order valence-corrected chi connectivity index (χ4v) is 1.98. The molecule has 1 aromatic rings. The number of benzene rings is 1. The summed E-state index contributed by atoms with van der Waals surface area (Å²) < 4.78 is 37.5. The molecule has 96 valence electrons. The molecule has 0 aliphatic rings. The molecule has 0 spiro atoms. The summed E-state index contributed by atoms with van der Waals surface area (Å²) >= 11 is 1.73. The zero-order chi connectivity index (χ0) is 12.9. The number of thioether (sulfide) groups is 1. The second kappa shape index (κ2) is 6.31. The average Bonchev–Trinajstić information content (AvgIpc) is 2.25. The van der Waals surface area contributed by atoms with E-state index in [4.69, 9.17) is 0 Å². The third kappa shape index (κ3) is 5.00. The molecular formula is C12H16F3NS. The Morgan fingerprint density at radius 1 is 1.29 bits per heavy atom. The highest BCUT2D eigenvalue weighted by atomic mass is 32.2. The van der Waals surface area contributed by atoms with Gasteiger partial charge in [0.1, 0.15) is 0 Å². The van der Waals surface area contributed by atoms with Crippen LogP contribution in [0.25, 0.3) is 0 Å². The molecule has 0 aliphatic heterocycles. The molecule has 17 heavy (non-hydrogen) atoms. The van der Waals surface area contributed by atoms with Crippen molar-refractivity contribution in [3.63, 3.8) is 0 Å². The first-order valence-electron chi connectivity index (χ1n) is 5.27. The van der Waals surface area contributed by atoms with Crippen LogP contribution in [0.5, 0.6) is 0 Å². The molecule has 1 aromatic carbocycles. The van der Waals surface area contributed by atoms with Crippen molar-refractivity contribution in [2.24, 2.45) is 0 Å². The minimum atomic E-state index is -4.26. The van der Waals surface area contributed by atoms with Gasteiger partial charge in [0.25, 0.3) is 0 Å². The molecule has 1 rings (SSSR count). The second-order valence-corrected chi connectivity index (χ2v) is 4.91. The van der Waals surface area contributed by atoms with Gasteiger partial charge in [-0.3, -0.25) is 0 Å². The Balaban J connectivity index is 2.66. The average molecular weight is 263 g/mol. The van der Waals surface area contributed by atoms with Crippen LogP contribution in [0, 0.1) is 0 Å². The lowest BCUT2D eigenvalue weighted by Gasteiger charge is -2.16. The highest BCUT2D eigenvalue weighted by Gasteiger charge is 2.30. The van der Waals surface area contributed by atoms with Gasteiger partial charge in [-0.2, -0.15) is 24.9 Å². The van der Waals surface area contributed by atoms with Crippen LogP contribution in [-0.4, -0.2) is 30.5 Å². The van der Waals surface area contributed by atoms with Crippen molar-refractivity contribution in [3.8, 4) is 0 Å². The van der Waals surface area contributed by atoms with Gasteiger partial charge in [-0.25, -0.2) is 0 Å². The normalized spacial score (nSPS) is 12.1. The zero-order valence-corrected chi connectivity index (χ0v) is 10.7. The van der Waals surface area contributed by atoms with Crippen molar-refractivity contribution in [3.05, 3.63) is 35.4 Å². The predicted molar refractivity (Wildman–Crippen MR) is 66.2 cm³/mol. The third-order valence-corrected chi connectivity index (χ3v) is 2.97. The van der Waals surface area contributed by atoms with E-state index in [1.54, 1.807) is 17.8 Å². The number of nitrogens with zero attached hydrogens (tertiary/aromatic N) is 1. The molecule has 0 heterocycles. The maximum atomic E-state index is 12.5. The minimum absolute atomic E-state index is 0.546. The van der Waals surface area contributed by atoms with E-state index in [9.17, 15) is 13.2 Å². The molecule has 0 aliphatic carbocycles. The standard InChI is InChI=1S/C12H16F3NS/c1-16(6-7-17-2)9-10-4-3-5-11(8-10)12(13,14)15/h3-5,8H,6-7,9H2,1-2H3. The molecule has 5 heteroatoms. The molecule has 0 fully saturated rings. The molecule has 0 radical (unpaired) electrons. The highest BCUT2D eigenvalue weighted by Crippen LogP contribution is 2.29. The molecule has 0 unspecified atom stereocenters. The quantitative estimate of drug-likeness (QED) is 0.800. The van der Waals surface area contributed by atoms with Crippen molar-refractivity contribution in [2.45, 2.75) is 12.7 Å². The monoisotopic (exact) mass is 263 g/mol. The maximum Gasteiger partial charge on any atom is 0.416 e. The van der Waals surface area contributed by atoms with Crippen molar-refractivity contribution < 1.29 is 13.2 Å². The summed E-state index contributed by atoms with van der Waals surface area (Å²) in [5.74, 6) is 0.982. The van der Waals surface area contributed by atoms with Crippen molar-refractivity contribution >= 4 is 11.8 Å². The fraction of sp³-hybridized carbons (Fsp3) is 0.500. The molecule has 0 amide bonds. The van der Waals surface area contributed by atoms with E-state index in [2.05, 4.69) is 0 Å². The Morgan fingerprint density at radius 3 is 2.59 bits per heavy atom. The minimum Gasteiger partial charge on any atom is -0.301 e. The number of rotatable bonds is 5. The Labute approximate surface area is 104 Å². The Morgan fingerprint density at radius 2 is 2.00 bits per heavy atom. The van der Waals surface area contributed by atoms with Crippen LogP contribution in [0.15, 0.2) is 24.3 Å². The van der Waals surface area contributed by atoms with Gasteiger partial charge in [-0.15, -0.1) is 0 Å². The maximum absolute atomic E-state index is 12.5. The Kier molecular flexibility index (Phi) is 5.33. The first kappa shape index (κ1) is 14.4. The molecule has 0 saturated carbocycles. The van der Waals surface area contributed by atoms with Gasteiger partial charge in [-0.1, -0.05) is 18.2 Å². The summed E-state index contributed by atoms with van der Waals surface area (Å²) in [5, 5.41) is 0.